The number of carbonyl (C=O) groups is 1. The summed E-state index contributed by atoms with van der Waals surface area (Å²) in [7, 11) is 0. The predicted molar refractivity (Wildman–Crippen MR) is 70.2 cm³/mol. The SMILES string of the molecule is Nc1cc(=O)[nH]c(Sc2ccc(C=O)cc2C(F)(F)F)n1. The van der Waals surface area contributed by atoms with Crippen LogP contribution in [0.4, 0.5) is 19.0 Å². The van der Waals surface area contributed by atoms with Crippen molar-refractivity contribution >= 4 is 23.9 Å². The van der Waals surface area contributed by atoms with Crippen molar-refractivity contribution in [2.24, 2.45) is 0 Å². The van der Waals surface area contributed by atoms with E-state index >= 15 is 0 Å². The lowest BCUT2D eigenvalue weighted by Crippen LogP contribution is -2.11. The molecule has 0 aliphatic carbocycles. The molecule has 0 atom stereocenters. The van der Waals surface area contributed by atoms with Crippen LogP contribution in [0.5, 0.6) is 0 Å². The Morgan fingerprint density at radius 1 is 1.29 bits per heavy atom. The molecule has 2 rings (SSSR count). The maximum Gasteiger partial charge on any atom is 0.417 e. The summed E-state index contributed by atoms with van der Waals surface area (Å²) in [4.78, 5) is 27.7. The van der Waals surface area contributed by atoms with Crippen molar-refractivity contribution in [2.75, 3.05) is 5.73 Å². The number of alkyl halides is 3. The van der Waals surface area contributed by atoms with E-state index in [0.717, 1.165) is 18.2 Å². The molecule has 0 aliphatic rings. The molecular weight excluding hydrogens is 307 g/mol. The zero-order valence-corrected chi connectivity index (χ0v) is 11.1. The highest BCUT2D eigenvalue weighted by Gasteiger charge is 2.34. The summed E-state index contributed by atoms with van der Waals surface area (Å²) in [6.45, 7) is 0. The summed E-state index contributed by atoms with van der Waals surface area (Å²) in [6.07, 6.45) is -4.31. The normalized spacial score (nSPS) is 11.4. The van der Waals surface area contributed by atoms with E-state index in [-0.39, 0.29) is 21.4 Å². The highest BCUT2D eigenvalue weighted by molar-refractivity contribution is 7.99. The van der Waals surface area contributed by atoms with Crippen LogP contribution in [0, 0.1) is 0 Å². The lowest BCUT2D eigenvalue weighted by molar-refractivity contribution is -0.139. The highest BCUT2D eigenvalue weighted by Crippen LogP contribution is 2.38. The molecule has 1 heterocycles. The van der Waals surface area contributed by atoms with E-state index in [1.807, 2.05) is 0 Å². The predicted octanol–water partition coefficient (Wildman–Crippen LogP) is 2.33. The molecule has 0 aliphatic heterocycles. The number of nitrogens with one attached hydrogen (secondary N) is 1. The van der Waals surface area contributed by atoms with Crippen molar-refractivity contribution in [3.05, 3.63) is 45.7 Å². The summed E-state index contributed by atoms with van der Waals surface area (Å²) in [5.41, 5.74) is 3.72. The summed E-state index contributed by atoms with van der Waals surface area (Å²) < 4.78 is 38.9. The molecule has 1 aromatic heterocycles. The third-order valence-electron chi connectivity index (χ3n) is 2.39. The molecule has 1 aromatic carbocycles. The van der Waals surface area contributed by atoms with Crippen LogP contribution < -0.4 is 11.3 Å². The standard InChI is InChI=1S/C12H8F3N3O2S/c13-12(14,15)7-3-6(5-19)1-2-8(7)21-11-17-9(16)4-10(20)18-11/h1-5H,(H3,16,17,18,20). The van der Waals surface area contributed by atoms with Gasteiger partial charge in [0.15, 0.2) is 5.16 Å². The van der Waals surface area contributed by atoms with Gasteiger partial charge in [-0.15, -0.1) is 0 Å². The largest absolute Gasteiger partial charge is 0.417 e. The van der Waals surface area contributed by atoms with Crippen molar-refractivity contribution in [1.29, 1.82) is 0 Å². The smallest absolute Gasteiger partial charge is 0.383 e. The van der Waals surface area contributed by atoms with Gasteiger partial charge in [-0.3, -0.25) is 9.59 Å². The fourth-order valence-corrected chi connectivity index (χ4v) is 2.47. The van der Waals surface area contributed by atoms with Crippen LogP contribution in [0.3, 0.4) is 0 Å². The number of H-pyrrole nitrogens is 1. The summed E-state index contributed by atoms with van der Waals surface area (Å²) in [6, 6.07) is 4.14. The fraction of sp³-hybridized carbons (Fsp3) is 0.0833. The highest BCUT2D eigenvalue weighted by atomic mass is 32.2. The van der Waals surface area contributed by atoms with Gasteiger partial charge < -0.3 is 10.7 Å². The Bertz CT molecular complexity index is 743. The molecule has 0 amide bonds. The number of aromatic amines is 1. The first-order valence-corrected chi connectivity index (χ1v) is 6.32. The van der Waals surface area contributed by atoms with Crippen molar-refractivity contribution in [3.8, 4) is 0 Å². The second-order valence-electron chi connectivity index (χ2n) is 3.95. The van der Waals surface area contributed by atoms with Crippen LogP contribution in [-0.4, -0.2) is 16.3 Å². The molecule has 2 aromatic rings. The van der Waals surface area contributed by atoms with E-state index in [9.17, 15) is 22.8 Å². The number of nitrogens with two attached hydrogens (primary N) is 1. The third-order valence-corrected chi connectivity index (χ3v) is 3.35. The molecule has 0 saturated heterocycles. The minimum absolute atomic E-state index is 0.0654. The molecule has 0 unspecified atom stereocenters. The summed E-state index contributed by atoms with van der Waals surface area (Å²) >= 11 is 0.606. The fourth-order valence-electron chi connectivity index (χ4n) is 1.54. The molecule has 0 saturated carbocycles. The maximum absolute atomic E-state index is 13.0. The van der Waals surface area contributed by atoms with Crippen molar-refractivity contribution in [2.45, 2.75) is 16.2 Å². The molecular formula is C12H8F3N3O2S. The van der Waals surface area contributed by atoms with Gasteiger partial charge in [0.25, 0.3) is 5.56 Å². The van der Waals surface area contributed by atoms with Crippen LogP contribution >= 0.6 is 11.8 Å². The Kier molecular flexibility index (Phi) is 4.03. The molecule has 0 radical (unpaired) electrons. The van der Waals surface area contributed by atoms with E-state index in [0.29, 0.717) is 18.0 Å². The number of halogens is 3. The van der Waals surface area contributed by atoms with Gasteiger partial charge in [0, 0.05) is 16.5 Å². The van der Waals surface area contributed by atoms with E-state index in [4.69, 9.17) is 5.73 Å². The molecule has 5 nitrogen and oxygen atoms in total. The second kappa shape index (κ2) is 5.60. The summed E-state index contributed by atoms with van der Waals surface area (Å²) in [5, 5.41) is -0.0654. The first kappa shape index (κ1) is 15.1. The molecule has 0 fully saturated rings. The monoisotopic (exact) mass is 315 g/mol. The van der Waals surface area contributed by atoms with Crippen LogP contribution in [0.15, 0.2) is 39.1 Å². The number of aldehydes is 1. The van der Waals surface area contributed by atoms with Crippen LogP contribution in [0.1, 0.15) is 15.9 Å². The van der Waals surface area contributed by atoms with Crippen molar-refractivity contribution < 1.29 is 18.0 Å². The van der Waals surface area contributed by atoms with Crippen LogP contribution in [-0.2, 0) is 6.18 Å². The van der Waals surface area contributed by atoms with Crippen LogP contribution in [0.2, 0.25) is 0 Å². The second-order valence-corrected chi connectivity index (χ2v) is 4.98. The Hall–Kier alpha value is -2.29. The number of anilines is 1. The number of hydrogen-bond donors (Lipinski definition) is 2. The lowest BCUT2D eigenvalue weighted by atomic mass is 10.1. The first-order chi connectivity index (χ1) is 9.79. The van der Waals surface area contributed by atoms with Gasteiger partial charge in [-0.25, -0.2) is 4.98 Å². The minimum atomic E-state index is -4.64. The van der Waals surface area contributed by atoms with Gasteiger partial charge in [-0.1, -0.05) is 17.8 Å². The van der Waals surface area contributed by atoms with Gasteiger partial charge in [0.1, 0.15) is 12.1 Å². The van der Waals surface area contributed by atoms with E-state index in [1.54, 1.807) is 0 Å². The number of nitrogen functional groups attached to an aromatic ring is 1. The zero-order valence-electron chi connectivity index (χ0n) is 10.3. The third kappa shape index (κ3) is 3.63. The number of aromatic nitrogens is 2. The Labute approximate surface area is 120 Å². The van der Waals surface area contributed by atoms with E-state index < -0.39 is 17.3 Å². The van der Waals surface area contributed by atoms with Gasteiger partial charge in [-0.2, -0.15) is 13.2 Å². The topological polar surface area (TPSA) is 88.8 Å². The molecule has 21 heavy (non-hydrogen) atoms. The maximum atomic E-state index is 13.0. The van der Waals surface area contributed by atoms with Crippen molar-refractivity contribution in [1.82, 2.24) is 9.97 Å². The molecule has 9 heteroatoms. The number of hydrogen-bond acceptors (Lipinski definition) is 5. The molecule has 0 spiro atoms. The minimum Gasteiger partial charge on any atom is -0.383 e. The number of benzene rings is 1. The van der Waals surface area contributed by atoms with E-state index in [1.165, 1.54) is 6.07 Å². The Balaban J connectivity index is 2.48. The zero-order chi connectivity index (χ0) is 15.6. The van der Waals surface area contributed by atoms with Gasteiger partial charge in [-0.05, 0) is 12.1 Å². The van der Waals surface area contributed by atoms with Crippen LogP contribution in [0.25, 0.3) is 0 Å². The Morgan fingerprint density at radius 2 is 2.00 bits per heavy atom. The van der Waals surface area contributed by atoms with Gasteiger partial charge in [0.2, 0.25) is 0 Å². The van der Waals surface area contributed by atoms with Gasteiger partial charge >= 0.3 is 6.18 Å². The average Bonchev–Trinajstić information content (AvgIpc) is 2.36. The number of nitrogens with zero attached hydrogens (tertiary/aromatic N) is 1. The number of rotatable bonds is 3. The molecule has 110 valence electrons. The molecule has 0 bridgehead atoms. The van der Waals surface area contributed by atoms with Gasteiger partial charge in [0.05, 0.1) is 5.56 Å². The number of carbonyl (C=O) groups excluding carboxylic acids is 1. The quantitative estimate of drug-likeness (QED) is 0.670. The first-order valence-electron chi connectivity index (χ1n) is 5.50. The Morgan fingerprint density at radius 3 is 2.57 bits per heavy atom. The van der Waals surface area contributed by atoms with Crippen molar-refractivity contribution in [3.63, 3.8) is 0 Å². The average molecular weight is 315 g/mol. The van der Waals surface area contributed by atoms with E-state index in [2.05, 4.69) is 9.97 Å². The molecule has 3 N–H and O–H groups in total. The lowest BCUT2D eigenvalue weighted by Gasteiger charge is -2.12. The summed E-state index contributed by atoms with van der Waals surface area (Å²) in [5.74, 6) is -0.0979.